The van der Waals surface area contributed by atoms with E-state index < -0.39 is 12.1 Å². The van der Waals surface area contributed by atoms with Crippen LogP contribution < -0.4 is 10.1 Å². The third-order valence-corrected chi connectivity index (χ3v) is 4.38. The molecular weight excluding hydrogens is 370 g/mol. The summed E-state index contributed by atoms with van der Waals surface area (Å²) in [6.45, 7) is 5.60. The van der Waals surface area contributed by atoms with E-state index in [0.717, 1.165) is 35.4 Å². The molecule has 2 N–H and O–H groups in total. The zero-order valence-electron chi connectivity index (χ0n) is 16.8. The van der Waals surface area contributed by atoms with Crippen molar-refractivity contribution in [2.45, 2.75) is 39.7 Å². The number of benzene rings is 2. The normalized spacial score (nSPS) is 11.9. The fraction of sp³-hybridized carbons (Fsp3) is 0.333. The van der Waals surface area contributed by atoms with E-state index in [9.17, 15) is 4.79 Å². The summed E-state index contributed by atoms with van der Waals surface area (Å²) >= 11 is 0. The number of rotatable bonds is 7. The van der Waals surface area contributed by atoms with E-state index >= 15 is 0 Å². The van der Waals surface area contributed by atoms with Gasteiger partial charge in [-0.2, -0.15) is 4.68 Å². The first kappa shape index (κ1) is 20.5. The summed E-state index contributed by atoms with van der Waals surface area (Å²) in [5.74, 6) is 1.09. The molecule has 0 radical (unpaired) electrons. The number of amides is 1. The van der Waals surface area contributed by atoms with Crippen LogP contribution in [0.4, 0.5) is 4.79 Å². The second-order valence-electron chi connectivity index (χ2n) is 6.96. The lowest BCUT2D eigenvalue weighted by Gasteiger charge is -2.14. The van der Waals surface area contributed by atoms with Crippen molar-refractivity contribution in [3.8, 4) is 22.6 Å². The van der Waals surface area contributed by atoms with E-state index in [4.69, 9.17) is 9.84 Å². The van der Waals surface area contributed by atoms with Crippen LogP contribution in [0.3, 0.4) is 0 Å². The zero-order chi connectivity index (χ0) is 20.8. The highest BCUT2D eigenvalue weighted by Gasteiger charge is 2.14. The number of carbonyl (C=O) groups is 1. The number of hydrogen-bond donors (Lipinski definition) is 2. The maximum atomic E-state index is 12.1. The molecule has 29 heavy (non-hydrogen) atoms. The Balaban J connectivity index is 2.01. The Bertz CT molecular complexity index is 969. The predicted octanol–water partition coefficient (Wildman–Crippen LogP) is 3.06. The summed E-state index contributed by atoms with van der Waals surface area (Å²) in [6.07, 6.45) is 0.999. The van der Waals surface area contributed by atoms with Crippen LogP contribution in [0.25, 0.3) is 16.8 Å². The highest BCUT2D eigenvalue weighted by atomic mass is 16.6. The van der Waals surface area contributed by atoms with Crippen LogP contribution in [-0.2, 0) is 6.42 Å². The number of carbonyl (C=O) groups excluding carboxylic acids is 1. The highest BCUT2D eigenvalue weighted by molar-refractivity contribution is 5.74. The van der Waals surface area contributed by atoms with Crippen LogP contribution in [0, 0.1) is 6.92 Å². The molecule has 0 aliphatic heterocycles. The van der Waals surface area contributed by atoms with E-state index in [-0.39, 0.29) is 6.61 Å². The number of aliphatic hydroxyl groups is 1. The first-order valence-corrected chi connectivity index (χ1v) is 9.59. The molecule has 1 aromatic heterocycles. The van der Waals surface area contributed by atoms with Gasteiger partial charge in [-0.25, -0.2) is 4.79 Å². The van der Waals surface area contributed by atoms with Gasteiger partial charge in [-0.15, -0.1) is 5.10 Å². The lowest BCUT2D eigenvalue weighted by molar-refractivity contribution is 0.186. The number of ether oxygens (including phenoxy) is 1. The van der Waals surface area contributed by atoms with Crippen LogP contribution >= 0.6 is 0 Å². The average molecular weight is 395 g/mol. The fourth-order valence-corrected chi connectivity index (χ4v) is 2.85. The van der Waals surface area contributed by atoms with Crippen LogP contribution in [0.2, 0.25) is 0 Å². The van der Waals surface area contributed by atoms with E-state index in [1.165, 1.54) is 0 Å². The Kier molecular flexibility index (Phi) is 6.56. The van der Waals surface area contributed by atoms with Gasteiger partial charge in [0.05, 0.1) is 18.3 Å². The van der Waals surface area contributed by atoms with Gasteiger partial charge in [0.25, 0.3) is 0 Å². The number of aryl methyl sites for hydroxylation is 2. The topological polar surface area (TPSA) is 102 Å². The number of hydrogen-bond acceptors (Lipinski definition) is 6. The second kappa shape index (κ2) is 9.29. The van der Waals surface area contributed by atoms with Gasteiger partial charge in [-0.3, -0.25) is 0 Å². The molecule has 0 saturated heterocycles. The van der Waals surface area contributed by atoms with Gasteiger partial charge in [-0.1, -0.05) is 36.8 Å². The number of nitrogens with one attached hydrogen (secondary N) is 1. The molecule has 3 rings (SSSR count). The minimum Gasteiger partial charge on any atom is -0.410 e. The Labute approximate surface area is 169 Å². The summed E-state index contributed by atoms with van der Waals surface area (Å²) in [6, 6.07) is 13.1. The molecule has 0 spiro atoms. The van der Waals surface area contributed by atoms with E-state index in [0.29, 0.717) is 11.4 Å². The molecule has 1 amide bonds. The molecule has 0 saturated carbocycles. The van der Waals surface area contributed by atoms with Crippen molar-refractivity contribution in [1.82, 2.24) is 25.5 Å². The lowest BCUT2D eigenvalue weighted by atomic mass is 10.0. The quantitative estimate of drug-likeness (QED) is 0.637. The number of tetrazole rings is 1. The largest absolute Gasteiger partial charge is 0.412 e. The molecule has 0 aliphatic carbocycles. The molecule has 152 valence electrons. The molecule has 0 aliphatic rings. The van der Waals surface area contributed by atoms with Crippen molar-refractivity contribution in [2.24, 2.45) is 0 Å². The zero-order valence-corrected chi connectivity index (χ0v) is 16.8. The van der Waals surface area contributed by atoms with Gasteiger partial charge in [0.1, 0.15) is 5.75 Å². The molecule has 8 nitrogen and oxygen atoms in total. The average Bonchev–Trinajstić information content (AvgIpc) is 3.16. The summed E-state index contributed by atoms with van der Waals surface area (Å²) in [7, 11) is 0. The van der Waals surface area contributed by atoms with Gasteiger partial charge >= 0.3 is 6.09 Å². The van der Waals surface area contributed by atoms with E-state index in [1.807, 2.05) is 37.3 Å². The van der Waals surface area contributed by atoms with Gasteiger partial charge < -0.3 is 15.2 Å². The number of aromatic nitrogens is 4. The summed E-state index contributed by atoms with van der Waals surface area (Å²) in [4.78, 5) is 12.1. The van der Waals surface area contributed by atoms with Crippen LogP contribution in [0.5, 0.6) is 5.75 Å². The third kappa shape index (κ3) is 5.17. The Morgan fingerprint density at radius 2 is 1.97 bits per heavy atom. The van der Waals surface area contributed by atoms with Crippen LogP contribution in [0.15, 0.2) is 42.5 Å². The van der Waals surface area contributed by atoms with Gasteiger partial charge in [0.15, 0.2) is 5.82 Å². The van der Waals surface area contributed by atoms with Crippen LogP contribution in [-0.4, -0.2) is 44.1 Å². The molecule has 2 aromatic carbocycles. The smallest absolute Gasteiger partial charge is 0.410 e. The van der Waals surface area contributed by atoms with Crippen molar-refractivity contribution in [3.63, 3.8) is 0 Å². The second-order valence-corrected chi connectivity index (χ2v) is 6.96. The predicted molar refractivity (Wildman–Crippen MR) is 109 cm³/mol. The van der Waals surface area contributed by atoms with Crippen molar-refractivity contribution < 1.29 is 14.6 Å². The van der Waals surface area contributed by atoms with Crippen LogP contribution in [0.1, 0.15) is 31.7 Å². The molecule has 0 fully saturated rings. The third-order valence-electron chi connectivity index (χ3n) is 4.38. The Morgan fingerprint density at radius 1 is 1.21 bits per heavy atom. The summed E-state index contributed by atoms with van der Waals surface area (Å²) in [5, 5.41) is 23.7. The molecular formula is C21H25N5O3. The first-order valence-electron chi connectivity index (χ1n) is 9.59. The van der Waals surface area contributed by atoms with Crippen molar-refractivity contribution >= 4 is 6.09 Å². The minimum absolute atomic E-state index is 0.172. The van der Waals surface area contributed by atoms with E-state index in [1.54, 1.807) is 23.7 Å². The van der Waals surface area contributed by atoms with Crippen molar-refractivity contribution in [1.29, 1.82) is 0 Å². The summed E-state index contributed by atoms with van der Waals surface area (Å²) in [5.41, 5.74) is 3.72. The van der Waals surface area contributed by atoms with Gasteiger partial charge in [-0.05, 0) is 54.0 Å². The van der Waals surface area contributed by atoms with Crippen molar-refractivity contribution in [3.05, 3.63) is 53.9 Å². The monoisotopic (exact) mass is 395 g/mol. The molecule has 0 bridgehead atoms. The Morgan fingerprint density at radius 3 is 2.66 bits per heavy atom. The highest BCUT2D eigenvalue weighted by Crippen LogP contribution is 2.28. The lowest BCUT2D eigenvalue weighted by Crippen LogP contribution is -2.37. The molecule has 1 unspecified atom stereocenters. The van der Waals surface area contributed by atoms with E-state index in [2.05, 4.69) is 27.8 Å². The maximum Gasteiger partial charge on any atom is 0.412 e. The van der Waals surface area contributed by atoms with Gasteiger partial charge in [0, 0.05) is 12.5 Å². The number of aliphatic hydroxyl groups excluding tert-OH is 1. The molecule has 1 heterocycles. The number of nitrogens with zero attached hydrogens (tertiary/aromatic N) is 4. The first-order chi connectivity index (χ1) is 14.0. The summed E-state index contributed by atoms with van der Waals surface area (Å²) < 4.78 is 7.12. The SMILES string of the molecule is CCCc1nnnn1-c1cc(OC(=O)NC(C)CO)cc(-c2ccc(C)cc2)c1. The molecule has 3 aromatic rings. The van der Waals surface area contributed by atoms with Crippen molar-refractivity contribution in [2.75, 3.05) is 6.61 Å². The fourth-order valence-electron chi connectivity index (χ4n) is 2.85. The standard InChI is InChI=1S/C21H25N5O3/c1-4-5-20-23-24-25-26(20)18-10-17(16-8-6-14(2)7-9-16)11-19(12-18)29-21(28)22-15(3)13-27/h6-12,15,27H,4-5,13H2,1-3H3,(H,22,28). The minimum atomic E-state index is -0.635. The Hall–Kier alpha value is -3.26. The van der Waals surface area contributed by atoms with Gasteiger partial charge in [0.2, 0.25) is 0 Å². The maximum absolute atomic E-state index is 12.1. The molecule has 1 atom stereocenters. The molecule has 8 heteroatoms.